The number of benzene rings is 2. The number of nitrogens with zero attached hydrogens (tertiary/aromatic N) is 2. The van der Waals surface area contributed by atoms with Gasteiger partial charge in [-0.25, -0.2) is 0 Å². The molecule has 0 aliphatic carbocycles. The number of ether oxygens (including phenoxy) is 2. The van der Waals surface area contributed by atoms with E-state index in [-0.39, 0.29) is 18.6 Å². The van der Waals surface area contributed by atoms with E-state index >= 15 is 0 Å². The topological polar surface area (TPSA) is 86.5 Å². The lowest BCUT2D eigenvalue weighted by molar-refractivity contribution is 0.0920. The van der Waals surface area contributed by atoms with E-state index in [4.69, 9.17) is 14.0 Å². The predicted molar refractivity (Wildman–Crippen MR) is 96.6 cm³/mol. The van der Waals surface area contributed by atoms with Crippen molar-refractivity contribution < 1.29 is 18.8 Å². The highest BCUT2D eigenvalue weighted by Gasteiger charge is 2.24. The molecule has 138 valence electrons. The molecule has 1 aromatic heterocycles. The summed E-state index contributed by atoms with van der Waals surface area (Å²) in [6, 6.07) is 14.8. The Morgan fingerprint density at radius 1 is 1.22 bits per heavy atom. The number of fused-ring (bicyclic) bond motifs is 1. The largest absolute Gasteiger partial charge is 0.493 e. The van der Waals surface area contributed by atoms with Gasteiger partial charge in [-0.1, -0.05) is 35.5 Å². The fourth-order valence-electron chi connectivity index (χ4n) is 3.05. The first-order chi connectivity index (χ1) is 13.2. The predicted octanol–water partition coefficient (Wildman–Crippen LogP) is 3.21. The Balaban J connectivity index is 1.49. The van der Waals surface area contributed by atoms with Crippen LogP contribution in [0.3, 0.4) is 0 Å². The summed E-state index contributed by atoms with van der Waals surface area (Å²) >= 11 is 0. The summed E-state index contributed by atoms with van der Waals surface area (Å²) in [6.45, 7) is 2.41. The van der Waals surface area contributed by atoms with Crippen LogP contribution in [0.25, 0.3) is 0 Å². The van der Waals surface area contributed by atoms with Crippen molar-refractivity contribution in [2.24, 2.45) is 0 Å². The minimum Gasteiger partial charge on any atom is -0.493 e. The molecule has 7 nitrogen and oxygen atoms in total. The summed E-state index contributed by atoms with van der Waals surface area (Å²) in [5.74, 6) is 1.99. The molecule has 2 heterocycles. The van der Waals surface area contributed by atoms with E-state index in [0.29, 0.717) is 36.1 Å². The number of carbonyl (C=O) groups excluding carboxylic acids is 1. The average Bonchev–Trinajstić information content (AvgIpc) is 3.12. The first-order valence-electron chi connectivity index (χ1n) is 8.74. The van der Waals surface area contributed by atoms with Gasteiger partial charge in [-0.15, -0.1) is 0 Å². The van der Waals surface area contributed by atoms with Gasteiger partial charge in [0.25, 0.3) is 5.91 Å². The lowest BCUT2D eigenvalue weighted by Crippen LogP contribution is -2.32. The first kappa shape index (κ1) is 17.1. The van der Waals surface area contributed by atoms with Crippen LogP contribution in [0, 0.1) is 6.92 Å². The number of hydrogen-bond acceptors (Lipinski definition) is 6. The average molecular weight is 365 g/mol. The highest BCUT2D eigenvalue weighted by molar-refractivity contribution is 5.97. The number of nitrogens with one attached hydrogen (secondary N) is 1. The molecule has 4 rings (SSSR count). The van der Waals surface area contributed by atoms with Crippen LogP contribution in [0.4, 0.5) is 0 Å². The highest BCUT2D eigenvalue weighted by atomic mass is 16.5. The van der Waals surface area contributed by atoms with Gasteiger partial charge in [0, 0.05) is 18.9 Å². The van der Waals surface area contributed by atoms with Crippen LogP contribution in [0.5, 0.6) is 11.5 Å². The van der Waals surface area contributed by atoms with E-state index in [1.165, 1.54) is 0 Å². The first-order valence-corrected chi connectivity index (χ1v) is 8.74. The third-order valence-electron chi connectivity index (χ3n) is 4.32. The van der Waals surface area contributed by atoms with Gasteiger partial charge in [-0.3, -0.25) is 4.79 Å². The van der Waals surface area contributed by atoms with Crippen molar-refractivity contribution in [3.05, 3.63) is 71.4 Å². The fourth-order valence-corrected chi connectivity index (χ4v) is 3.05. The van der Waals surface area contributed by atoms with Crippen molar-refractivity contribution in [3.63, 3.8) is 0 Å². The van der Waals surface area contributed by atoms with Crippen LogP contribution in [-0.2, 0) is 6.61 Å². The molecule has 3 aromatic rings. The number of aryl methyl sites for hydroxylation is 1. The second kappa shape index (κ2) is 7.49. The van der Waals surface area contributed by atoms with Crippen LogP contribution in [0.1, 0.15) is 40.1 Å². The van der Waals surface area contributed by atoms with E-state index in [1.54, 1.807) is 25.1 Å². The van der Waals surface area contributed by atoms with Gasteiger partial charge < -0.3 is 19.3 Å². The maximum Gasteiger partial charge on any atom is 0.255 e. The summed E-state index contributed by atoms with van der Waals surface area (Å²) in [4.78, 5) is 17.0. The molecule has 1 N–H and O–H groups in total. The Morgan fingerprint density at radius 2 is 2.04 bits per heavy atom. The molecule has 1 aliphatic heterocycles. The van der Waals surface area contributed by atoms with Crippen LogP contribution < -0.4 is 14.8 Å². The normalized spacial score (nSPS) is 15.5. The maximum absolute atomic E-state index is 12.9. The molecular weight excluding hydrogens is 346 g/mol. The fraction of sp³-hybridized carbons (Fsp3) is 0.250. The zero-order valence-electron chi connectivity index (χ0n) is 14.8. The van der Waals surface area contributed by atoms with E-state index in [1.807, 2.05) is 30.3 Å². The van der Waals surface area contributed by atoms with Crippen LogP contribution in [0.2, 0.25) is 0 Å². The molecule has 0 bridgehead atoms. The lowest BCUT2D eigenvalue weighted by Gasteiger charge is -2.26. The van der Waals surface area contributed by atoms with Gasteiger partial charge in [0.15, 0.2) is 6.61 Å². The van der Waals surface area contributed by atoms with E-state index in [2.05, 4.69) is 15.5 Å². The van der Waals surface area contributed by atoms with Gasteiger partial charge in [0.2, 0.25) is 11.7 Å². The summed E-state index contributed by atoms with van der Waals surface area (Å²) in [5, 5.41) is 6.88. The zero-order valence-corrected chi connectivity index (χ0v) is 14.8. The Bertz CT molecular complexity index is 954. The summed E-state index contributed by atoms with van der Waals surface area (Å²) < 4.78 is 16.3. The number of carbonyl (C=O) groups is 1. The van der Waals surface area contributed by atoms with Gasteiger partial charge in [0.05, 0.1) is 18.2 Å². The third kappa shape index (κ3) is 3.76. The molecule has 0 fully saturated rings. The monoisotopic (exact) mass is 365 g/mol. The Kier molecular flexibility index (Phi) is 4.74. The molecule has 2 aromatic carbocycles. The van der Waals surface area contributed by atoms with E-state index in [0.717, 1.165) is 11.3 Å². The molecule has 1 aliphatic rings. The van der Waals surface area contributed by atoms with E-state index < -0.39 is 0 Å². The van der Waals surface area contributed by atoms with Crippen molar-refractivity contribution in [1.82, 2.24) is 15.5 Å². The number of aromatic nitrogens is 2. The van der Waals surface area contributed by atoms with E-state index in [9.17, 15) is 4.79 Å². The maximum atomic E-state index is 12.9. The van der Waals surface area contributed by atoms with Crippen molar-refractivity contribution in [2.45, 2.75) is 26.0 Å². The molecule has 0 saturated heterocycles. The van der Waals surface area contributed by atoms with Crippen molar-refractivity contribution in [3.8, 4) is 11.5 Å². The smallest absolute Gasteiger partial charge is 0.255 e. The third-order valence-corrected chi connectivity index (χ3v) is 4.32. The van der Waals surface area contributed by atoms with Gasteiger partial charge in [-0.05, 0) is 18.2 Å². The minimum absolute atomic E-state index is 0.102. The summed E-state index contributed by atoms with van der Waals surface area (Å²) in [6.07, 6.45) is 0.716. The molecule has 0 radical (unpaired) electrons. The summed E-state index contributed by atoms with van der Waals surface area (Å²) in [5.41, 5.74) is 1.44. The Hall–Kier alpha value is -3.35. The zero-order chi connectivity index (χ0) is 18.6. The highest BCUT2D eigenvalue weighted by Crippen LogP contribution is 2.32. The molecule has 0 unspecified atom stereocenters. The SMILES string of the molecule is Cc1nc(COc2ccccc2C(=O)N[C@@H]2CCOc3ccccc32)no1. The number of amides is 1. The lowest BCUT2D eigenvalue weighted by atomic mass is 10.00. The minimum atomic E-state index is -0.198. The standard InChI is InChI=1S/C20H19N3O4/c1-13-21-19(23-27-13)12-26-18-9-5-3-7-15(18)20(24)22-16-10-11-25-17-8-4-2-6-14(16)17/h2-9,16H,10-12H2,1H3,(H,22,24)/t16-/m1/s1. The molecular formula is C20H19N3O4. The number of hydrogen-bond donors (Lipinski definition) is 1. The van der Waals surface area contributed by atoms with Gasteiger partial charge in [0.1, 0.15) is 11.5 Å². The molecule has 1 amide bonds. The van der Waals surface area contributed by atoms with Crippen LogP contribution >= 0.6 is 0 Å². The molecule has 27 heavy (non-hydrogen) atoms. The Labute approximate surface area is 156 Å². The number of para-hydroxylation sites is 2. The van der Waals surface area contributed by atoms with Gasteiger partial charge in [-0.2, -0.15) is 4.98 Å². The molecule has 7 heteroatoms. The van der Waals surface area contributed by atoms with Gasteiger partial charge >= 0.3 is 0 Å². The number of rotatable bonds is 5. The second-order valence-electron chi connectivity index (χ2n) is 6.22. The summed E-state index contributed by atoms with van der Waals surface area (Å²) in [7, 11) is 0. The van der Waals surface area contributed by atoms with Crippen molar-refractivity contribution >= 4 is 5.91 Å². The molecule has 0 saturated carbocycles. The molecule has 0 spiro atoms. The second-order valence-corrected chi connectivity index (χ2v) is 6.22. The van der Waals surface area contributed by atoms with Crippen molar-refractivity contribution in [1.29, 1.82) is 0 Å². The van der Waals surface area contributed by atoms with Crippen LogP contribution in [0.15, 0.2) is 53.1 Å². The van der Waals surface area contributed by atoms with Crippen molar-refractivity contribution in [2.75, 3.05) is 6.61 Å². The Morgan fingerprint density at radius 3 is 2.89 bits per heavy atom. The quantitative estimate of drug-likeness (QED) is 0.747. The van der Waals surface area contributed by atoms with Crippen LogP contribution in [-0.4, -0.2) is 22.7 Å². The molecule has 1 atom stereocenters.